The summed E-state index contributed by atoms with van der Waals surface area (Å²) in [6, 6.07) is 4.08. The third-order valence-electron chi connectivity index (χ3n) is 2.36. The lowest BCUT2D eigenvalue weighted by atomic mass is 10.3. The van der Waals surface area contributed by atoms with E-state index in [-0.39, 0.29) is 10.7 Å². The maximum absolute atomic E-state index is 12.0. The van der Waals surface area contributed by atoms with Crippen LogP contribution in [0, 0.1) is 10.1 Å². The fourth-order valence-corrected chi connectivity index (χ4v) is 2.60. The van der Waals surface area contributed by atoms with Gasteiger partial charge in [-0.1, -0.05) is 11.3 Å². The molecular formula is C11H10BrN5O3S. The van der Waals surface area contributed by atoms with E-state index in [0.29, 0.717) is 21.8 Å². The molecule has 8 nitrogen and oxygen atoms in total. The van der Waals surface area contributed by atoms with Crippen molar-refractivity contribution in [3.8, 4) is 0 Å². The van der Waals surface area contributed by atoms with Gasteiger partial charge in [-0.15, -0.1) is 10.2 Å². The van der Waals surface area contributed by atoms with Gasteiger partial charge in [-0.05, 0) is 28.9 Å². The molecule has 2 rings (SSSR count). The van der Waals surface area contributed by atoms with E-state index in [4.69, 9.17) is 0 Å². The number of non-ortho nitro benzene ring substituents is 1. The molecular weight excluding hydrogens is 362 g/mol. The average molecular weight is 372 g/mol. The van der Waals surface area contributed by atoms with E-state index in [2.05, 4.69) is 36.8 Å². The fourth-order valence-electron chi connectivity index (χ4n) is 1.43. The Hall–Kier alpha value is -2.07. The van der Waals surface area contributed by atoms with Crippen molar-refractivity contribution in [3.05, 3.63) is 37.8 Å². The molecule has 0 radical (unpaired) electrons. The molecule has 1 heterocycles. The Kier molecular flexibility index (Phi) is 4.81. The van der Waals surface area contributed by atoms with E-state index in [1.807, 2.05) is 6.92 Å². The summed E-state index contributed by atoms with van der Waals surface area (Å²) in [5.41, 5.74) is 0.357. The fraction of sp³-hybridized carbons (Fsp3) is 0.182. The second-order valence-electron chi connectivity index (χ2n) is 3.82. The second-order valence-corrected chi connectivity index (χ2v) is 5.65. The number of nitro benzene ring substituents is 1. The number of hydrogen-bond acceptors (Lipinski definition) is 7. The minimum atomic E-state index is -0.510. The zero-order valence-electron chi connectivity index (χ0n) is 10.8. The molecule has 0 atom stereocenters. The third-order valence-corrected chi connectivity index (χ3v) is 3.89. The Morgan fingerprint density at radius 1 is 1.48 bits per heavy atom. The predicted molar refractivity (Wildman–Crippen MR) is 82.8 cm³/mol. The zero-order valence-corrected chi connectivity index (χ0v) is 13.2. The topological polar surface area (TPSA) is 110 Å². The molecule has 10 heteroatoms. The van der Waals surface area contributed by atoms with E-state index in [0.717, 1.165) is 11.3 Å². The van der Waals surface area contributed by atoms with E-state index in [9.17, 15) is 14.9 Å². The van der Waals surface area contributed by atoms with Crippen molar-refractivity contribution in [2.45, 2.75) is 6.92 Å². The third kappa shape index (κ3) is 3.73. The Labute approximate surface area is 131 Å². The highest BCUT2D eigenvalue weighted by Gasteiger charge is 2.15. The molecule has 1 aromatic carbocycles. The molecule has 0 bridgehead atoms. The van der Waals surface area contributed by atoms with Crippen LogP contribution in [0.1, 0.15) is 16.7 Å². The second kappa shape index (κ2) is 6.59. The van der Waals surface area contributed by atoms with Crippen LogP contribution in [-0.4, -0.2) is 27.6 Å². The Morgan fingerprint density at radius 3 is 2.86 bits per heavy atom. The summed E-state index contributed by atoms with van der Waals surface area (Å²) < 4.78 is 0.418. The smallest absolute Gasteiger partial charge is 0.286 e. The summed E-state index contributed by atoms with van der Waals surface area (Å²) >= 11 is 4.31. The minimum absolute atomic E-state index is 0.0646. The lowest BCUT2D eigenvalue weighted by Crippen LogP contribution is -2.12. The van der Waals surface area contributed by atoms with E-state index in [1.165, 1.54) is 18.2 Å². The summed E-state index contributed by atoms with van der Waals surface area (Å²) in [7, 11) is 0. The molecule has 0 fully saturated rings. The summed E-state index contributed by atoms with van der Waals surface area (Å²) in [6.45, 7) is 2.60. The van der Waals surface area contributed by atoms with Crippen LogP contribution in [0.2, 0.25) is 0 Å². The molecule has 1 amide bonds. The average Bonchev–Trinajstić information content (AvgIpc) is 2.90. The normalized spacial score (nSPS) is 10.2. The standard InChI is InChI=1S/C11H10BrN5O3S/c1-2-13-11-16-15-10(21-11)9(18)14-8-4-3-6(17(19)20)5-7(8)12/h3-5H,2H2,1H3,(H,13,16)(H,14,18). The first-order valence-corrected chi connectivity index (χ1v) is 7.45. The monoisotopic (exact) mass is 371 g/mol. The number of nitrogens with zero attached hydrogens (tertiary/aromatic N) is 3. The van der Waals surface area contributed by atoms with Gasteiger partial charge >= 0.3 is 0 Å². The van der Waals surface area contributed by atoms with Gasteiger partial charge in [-0.2, -0.15) is 0 Å². The summed E-state index contributed by atoms with van der Waals surface area (Å²) in [4.78, 5) is 22.2. The van der Waals surface area contributed by atoms with E-state index < -0.39 is 10.8 Å². The first-order valence-electron chi connectivity index (χ1n) is 5.84. The van der Waals surface area contributed by atoms with Gasteiger partial charge in [0.1, 0.15) is 0 Å². The van der Waals surface area contributed by atoms with Crippen molar-refractivity contribution in [1.82, 2.24) is 10.2 Å². The first kappa shape index (κ1) is 15.3. The molecule has 0 aliphatic carbocycles. The predicted octanol–water partition coefficient (Wildman–Crippen LogP) is 2.89. The van der Waals surface area contributed by atoms with Crippen molar-refractivity contribution < 1.29 is 9.72 Å². The summed E-state index contributed by atoms with van der Waals surface area (Å²) in [6.07, 6.45) is 0. The molecule has 2 N–H and O–H groups in total. The number of carbonyl (C=O) groups excluding carboxylic acids is 1. The number of aromatic nitrogens is 2. The lowest BCUT2D eigenvalue weighted by molar-refractivity contribution is -0.384. The molecule has 0 aliphatic rings. The number of nitro groups is 1. The Morgan fingerprint density at radius 2 is 2.24 bits per heavy atom. The highest BCUT2D eigenvalue weighted by molar-refractivity contribution is 9.10. The van der Waals surface area contributed by atoms with Gasteiger partial charge in [0, 0.05) is 23.2 Å². The largest absolute Gasteiger partial charge is 0.360 e. The van der Waals surface area contributed by atoms with Crippen LogP contribution in [0.3, 0.4) is 0 Å². The highest BCUT2D eigenvalue weighted by atomic mass is 79.9. The SMILES string of the molecule is CCNc1nnc(C(=O)Nc2ccc([N+](=O)[O-])cc2Br)s1. The van der Waals surface area contributed by atoms with Crippen molar-refractivity contribution >= 4 is 49.7 Å². The van der Waals surface area contributed by atoms with Crippen LogP contribution in [0.5, 0.6) is 0 Å². The van der Waals surface area contributed by atoms with Crippen molar-refractivity contribution in [2.24, 2.45) is 0 Å². The molecule has 0 saturated carbocycles. The quantitative estimate of drug-likeness (QED) is 0.617. The van der Waals surface area contributed by atoms with Gasteiger partial charge in [0.2, 0.25) is 10.1 Å². The first-order chi connectivity index (χ1) is 10.0. The van der Waals surface area contributed by atoms with E-state index >= 15 is 0 Å². The zero-order chi connectivity index (χ0) is 15.4. The molecule has 2 aromatic rings. The molecule has 1 aromatic heterocycles. The van der Waals surface area contributed by atoms with Crippen molar-refractivity contribution in [1.29, 1.82) is 0 Å². The number of nitrogens with one attached hydrogen (secondary N) is 2. The minimum Gasteiger partial charge on any atom is -0.360 e. The van der Waals surface area contributed by atoms with Gasteiger partial charge in [-0.25, -0.2) is 0 Å². The molecule has 21 heavy (non-hydrogen) atoms. The van der Waals surface area contributed by atoms with Crippen LogP contribution in [0.15, 0.2) is 22.7 Å². The Balaban J connectivity index is 2.13. The van der Waals surface area contributed by atoms with Crippen LogP contribution in [-0.2, 0) is 0 Å². The lowest BCUT2D eigenvalue weighted by Gasteiger charge is -2.04. The summed E-state index contributed by atoms with van der Waals surface area (Å²) in [5.74, 6) is -0.425. The number of carbonyl (C=O) groups is 1. The molecule has 0 unspecified atom stereocenters. The Bertz CT molecular complexity index is 690. The number of hydrogen-bond donors (Lipinski definition) is 2. The van der Waals surface area contributed by atoms with Crippen LogP contribution in [0.4, 0.5) is 16.5 Å². The van der Waals surface area contributed by atoms with Crippen LogP contribution in [0.25, 0.3) is 0 Å². The molecule has 0 spiro atoms. The number of halogens is 1. The number of amides is 1. The molecule has 0 saturated heterocycles. The van der Waals surface area contributed by atoms with Gasteiger partial charge in [0.05, 0.1) is 10.6 Å². The van der Waals surface area contributed by atoms with Gasteiger partial charge in [-0.3, -0.25) is 14.9 Å². The van der Waals surface area contributed by atoms with Crippen molar-refractivity contribution in [2.75, 3.05) is 17.2 Å². The van der Waals surface area contributed by atoms with Crippen LogP contribution < -0.4 is 10.6 Å². The van der Waals surface area contributed by atoms with Crippen molar-refractivity contribution in [3.63, 3.8) is 0 Å². The molecule has 110 valence electrons. The van der Waals surface area contributed by atoms with Crippen LogP contribution >= 0.6 is 27.3 Å². The maximum Gasteiger partial charge on any atom is 0.286 e. The summed E-state index contributed by atoms with van der Waals surface area (Å²) in [5, 5.41) is 24.6. The van der Waals surface area contributed by atoms with Gasteiger partial charge < -0.3 is 10.6 Å². The molecule has 0 aliphatic heterocycles. The number of benzene rings is 1. The van der Waals surface area contributed by atoms with E-state index in [1.54, 1.807) is 0 Å². The number of rotatable bonds is 5. The van der Waals surface area contributed by atoms with Gasteiger partial charge in [0.25, 0.3) is 11.6 Å². The highest BCUT2D eigenvalue weighted by Crippen LogP contribution is 2.28. The van der Waals surface area contributed by atoms with Gasteiger partial charge in [0.15, 0.2) is 0 Å². The maximum atomic E-state index is 12.0. The number of anilines is 2.